The van der Waals surface area contributed by atoms with Gasteiger partial charge < -0.3 is 9.47 Å². The number of nitrogens with zero attached hydrogens (tertiary/aromatic N) is 1. The Labute approximate surface area is 168 Å². The number of ether oxygens (including phenoxy) is 2. The van der Waals surface area contributed by atoms with E-state index in [1.807, 2.05) is 69.3 Å². The normalized spacial score (nSPS) is 12.9. The molecule has 0 aliphatic rings. The van der Waals surface area contributed by atoms with Gasteiger partial charge in [-0.1, -0.05) is 55.5 Å². The van der Waals surface area contributed by atoms with Crippen LogP contribution in [0.5, 0.6) is 5.75 Å². The minimum atomic E-state index is -0.575. The zero-order valence-electron chi connectivity index (χ0n) is 17.3. The summed E-state index contributed by atoms with van der Waals surface area (Å²) in [5.41, 5.74) is 1.28. The van der Waals surface area contributed by atoms with Gasteiger partial charge >= 0.3 is 6.09 Å². The van der Waals surface area contributed by atoms with Crippen LogP contribution in [0, 0.1) is 5.92 Å². The van der Waals surface area contributed by atoms with E-state index in [-0.39, 0.29) is 5.92 Å². The van der Waals surface area contributed by atoms with Gasteiger partial charge in [-0.15, -0.1) is 0 Å². The SMILES string of the molecule is COc1ccc(N(/C=C\[C@H](C)/C=C/c2ccccc2)C(=O)OC(C)(C)C)cc1. The monoisotopic (exact) mass is 379 g/mol. The number of anilines is 1. The zero-order valence-corrected chi connectivity index (χ0v) is 17.3. The molecule has 2 aromatic carbocycles. The van der Waals surface area contributed by atoms with Crippen molar-refractivity contribution < 1.29 is 14.3 Å². The molecule has 1 atom stereocenters. The molecule has 0 unspecified atom stereocenters. The highest BCUT2D eigenvalue weighted by Gasteiger charge is 2.22. The Bertz CT molecular complexity index is 802. The third kappa shape index (κ3) is 6.95. The maximum absolute atomic E-state index is 12.7. The van der Waals surface area contributed by atoms with Crippen molar-refractivity contribution in [3.63, 3.8) is 0 Å². The second-order valence-electron chi connectivity index (χ2n) is 7.52. The van der Waals surface area contributed by atoms with Gasteiger partial charge in [-0.3, -0.25) is 4.90 Å². The van der Waals surface area contributed by atoms with Gasteiger partial charge in [0, 0.05) is 6.20 Å². The molecule has 0 saturated heterocycles. The van der Waals surface area contributed by atoms with Crippen molar-refractivity contribution in [1.29, 1.82) is 0 Å². The molecule has 28 heavy (non-hydrogen) atoms. The first kappa shape index (κ1) is 21.3. The van der Waals surface area contributed by atoms with E-state index in [0.717, 1.165) is 11.3 Å². The first-order valence-corrected chi connectivity index (χ1v) is 9.36. The molecule has 0 aliphatic heterocycles. The molecule has 0 spiro atoms. The third-order valence-corrected chi connectivity index (χ3v) is 3.87. The third-order valence-electron chi connectivity index (χ3n) is 3.87. The number of methoxy groups -OCH3 is 1. The molecule has 0 N–H and O–H groups in total. The second-order valence-corrected chi connectivity index (χ2v) is 7.52. The average molecular weight is 380 g/mol. The van der Waals surface area contributed by atoms with Crippen LogP contribution in [0.25, 0.3) is 6.08 Å². The van der Waals surface area contributed by atoms with Crippen molar-refractivity contribution in [2.24, 2.45) is 5.92 Å². The summed E-state index contributed by atoms with van der Waals surface area (Å²) in [5, 5.41) is 0. The van der Waals surface area contributed by atoms with Gasteiger partial charge in [0.05, 0.1) is 12.8 Å². The lowest BCUT2D eigenvalue weighted by Gasteiger charge is -2.25. The standard InChI is InChI=1S/C24H29NO3/c1-19(11-12-20-9-7-6-8-10-20)17-18-25(23(26)28-24(2,3)4)21-13-15-22(27-5)16-14-21/h6-19H,1-5H3/b12-11+,18-17-/t19-/m1/s1. The molecule has 1 amide bonds. The summed E-state index contributed by atoms with van der Waals surface area (Å²) in [4.78, 5) is 14.2. The Kier molecular flexibility index (Phi) is 7.44. The summed E-state index contributed by atoms with van der Waals surface area (Å²) in [6.45, 7) is 7.63. The molecular weight excluding hydrogens is 350 g/mol. The van der Waals surface area contributed by atoms with Crippen molar-refractivity contribution in [2.75, 3.05) is 12.0 Å². The highest BCUT2D eigenvalue weighted by Crippen LogP contribution is 2.22. The van der Waals surface area contributed by atoms with Crippen LogP contribution in [-0.4, -0.2) is 18.8 Å². The van der Waals surface area contributed by atoms with Crippen LogP contribution < -0.4 is 9.64 Å². The average Bonchev–Trinajstić information content (AvgIpc) is 2.66. The quantitative estimate of drug-likeness (QED) is 0.591. The van der Waals surface area contributed by atoms with Gasteiger partial charge in [0.15, 0.2) is 0 Å². The molecule has 0 bridgehead atoms. The summed E-state index contributed by atoms with van der Waals surface area (Å²) >= 11 is 0. The smallest absolute Gasteiger partial charge is 0.418 e. The lowest BCUT2D eigenvalue weighted by molar-refractivity contribution is 0.0596. The number of rotatable bonds is 6. The lowest BCUT2D eigenvalue weighted by Crippen LogP contribution is -2.33. The van der Waals surface area contributed by atoms with E-state index in [1.54, 1.807) is 13.3 Å². The predicted molar refractivity (Wildman–Crippen MR) is 115 cm³/mol. The number of allylic oxidation sites excluding steroid dienone is 2. The van der Waals surface area contributed by atoms with Crippen LogP contribution in [0.1, 0.15) is 33.3 Å². The van der Waals surface area contributed by atoms with Gasteiger partial charge in [0.1, 0.15) is 11.4 Å². The largest absolute Gasteiger partial charge is 0.497 e. The molecule has 4 nitrogen and oxygen atoms in total. The molecule has 148 valence electrons. The molecular formula is C24H29NO3. The molecule has 2 rings (SSSR count). The number of carbonyl (C=O) groups excluding carboxylic acids is 1. The minimum Gasteiger partial charge on any atom is -0.497 e. The van der Waals surface area contributed by atoms with Gasteiger partial charge in [0.25, 0.3) is 0 Å². The number of hydrogen-bond donors (Lipinski definition) is 0. The molecule has 0 fully saturated rings. The van der Waals surface area contributed by atoms with E-state index in [0.29, 0.717) is 5.69 Å². The Morgan fingerprint density at radius 3 is 2.21 bits per heavy atom. The van der Waals surface area contributed by atoms with Crippen LogP contribution in [0.2, 0.25) is 0 Å². The first-order chi connectivity index (χ1) is 13.3. The van der Waals surface area contributed by atoms with Crippen LogP contribution in [0.3, 0.4) is 0 Å². The van der Waals surface area contributed by atoms with Gasteiger partial charge in [0.2, 0.25) is 0 Å². The molecule has 0 radical (unpaired) electrons. The number of hydrogen-bond acceptors (Lipinski definition) is 3. The summed E-state index contributed by atoms with van der Waals surface area (Å²) in [6.07, 6.45) is 7.46. The fraction of sp³-hybridized carbons (Fsp3) is 0.292. The van der Waals surface area contributed by atoms with E-state index in [1.165, 1.54) is 4.90 Å². The molecule has 0 saturated carbocycles. The van der Waals surface area contributed by atoms with Gasteiger partial charge in [-0.2, -0.15) is 0 Å². The molecule has 4 heteroatoms. The summed E-state index contributed by atoms with van der Waals surface area (Å²) in [7, 11) is 1.61. The van der Waals surface area contributed by atoms with E-state index in [9.17, 15) is 4.79 Å². The number of benzene rings is 2. The fourth-order valence-electron chi connectivity index (χ4n) is 2.42. The van der Waals surface area contributed by atoms with Crippen molar-refractivity contribution in [3.8, 4) is 5.75 Å². The molecule has 0 heterocycles. The van der Waals surface area contributed by atoms with Crippen molar-refractivity contribution in [2.45, 2.75) is 33.3 Å². The Balaban J connectivity index is 2.18. The van der Waals surface area contributed by atoms with Crippen LogP contribution in [0.15, 0.2) is 72.9 Å². The number of carbonyl (C=O) groups is 1. The number of amides is 1. The van der Waals surface area contributed by atoms with Crippen LogP contribution >= 0.6 is 0 Å². The Morgan fingerprint density at radius 2 is 1.64 bits per heavy atom. The van der Waals surface area contributed by atoms with Crippen molar-refractivity contribution >= 4 is 17.9 Å². The minimum absolute atomic E-state index is 0.142. The molecule has 0 aromatic heterocycles. The molecule has 2 aromatic rings. The van der Waals surface area contributed by atoms with Gasteiger partial charge in [-0.25, -0.2) is 4.79 Å². The van der Waals surface area contributed by atoms with Crippen LogP contribution in [-0.2, 0) is 4.74 Å². The summed E-state index contributed by atoms with van der Waals surface area (Å²) in [5.74, 6) is 0.874. The van der Waals surface area contributed by atoms with E-state index < -0.39 is 11.7 Å². The predicted octanol–water partition coefficient (Wildman–Crippen LogP) is 6.30. The second kappa shape index (κ2) is 9.79. The maximum Gasteiger partial charge on any atom is 0.418 e. The Morgan fingerprint density at radius 1 is 1.00 bits per heavy atom. The Hall–Kier alpha value is -3.01. The van der Waals surface area contributed by atoms with Crippen molar-refractivity contribution in [1.82, 2.24) is 0 Å². The van der Waals surface area contributed by atoms with Crippen molar-refractivity contribution in [3.05, 3.63) is 78.5 Å². The van der Waals surface area contributed by atoms with E-state index in [4.69, 9.17) is 9.47 Å². The summed E-state index contributed by atoms with van der Waals surface area (Å²) in [6, 6.07) is 17.4. The first-order valence-electron chi connectivity index (χ1n) is 9.36. The van der Waals surface area contributed by atoms with Crippen LogP contribution in [0.4, 0.5) is 10.5 Å². The summed E-state index contributed by atoms with van der Waals surface area (Å²) < 4.78 is 10.8. The maximum atomic E-state index is 12.7. The topological polar surface area (TPSA) is 38.8 Å². The molecule has 0 aliphatic carbocycles. The zero-order chi connectivity index (χ0) is 20.6. The van der Waals surface area contributed by atoms with Gasteiger partial charge in [-0.05, 0) is 56.5 Å². The highest BCUT2D eigenvalue weighted by molar-refractivity contribution is 5.90. The van der Waals surface area contributed by atoms with E-state index in [2.05, 4.69) is 31.2 Å². The fourth-order valence-corrected chi connectivity index (χ4v) is 2.42. The highest BCUT2D eigenvalue weighted by atomic mass is 16.6. The van der Waals surface area contributed by atoms with E-state index >= 15 is 0 Å². The lowest BCUT2D eigenvalue weighted by atomic mass is 10.1.